The van der Waals surface area contributed by atoms with E-state index in [-0.39, 0.29) is 0 Å². The molecular formula is C31H24O5. The van der Waals surface area contributed by atoms with Crippen molar-refractivity contribution in [2.24, 2.45) is 0 Å². The zero-order valence-electron chi connectivity index (χ0n) is 19.8. The van der Waals surface area contributed by atoms with E-state index in [9.17, 15) is 9.59 Å². The zero-order chi connectivity index (χ0) is 25.5. The summed E-state index contributed by atoms with van der Waals surface area (Å²) in [5.41, 5.74) is 4.29. The van der Waals surface area contributed by atoms with Crippen LogP contribution in [0.3, 0.4) is 0 Å². The van der Waals surface area contributed by atoms with Crippen molar-refractivity contribution in [1.29, 1.82) is 0 Å². The van der Waals surface area contributed by atoms with Gasteiger partial charge in [-0.3, -0.25) is 0 Å². The fourth-order valence-electron chi connectivity index (χ4n) is 3.32. The Bertz CT molecular complexity index is 1420. The number of benzene rings is 3. The van der Waals surface area contributed by atoms with Gasteiger partial charge in [0, 0.05) is 17.2 Å². The molecular weight excluding hydrogens is 452 g/mol. The number of carbonyl (C=O) groups is 2. The van der Waals surface area contributed by atoms with Gasteiger partial charge in [0.2, 0.25) is 0 Å². The number of carbonyl (C=O) groups excluding carboxylic acids is 2. The number of ether oxygens (including phenoxy) is 2. The summed E-state index contributed by atoms with van der Waals surface area (Å²) in [7, 11) is 0. The van der Waals surface area contributed by atoms with Gasteiger partial charge in [-0.2, -0.15) is 0 Å². The number of rotatable bonds is 8. The predicted octanol–water partition coefficient (Wildman–Crippen LogP) is 7.36. The van der Waals surface area contributed by atoms with E-state index in [1.165, 1.54) is 0 Å². The van der Waals surface area contributed by atoms with Crippen molar-refractivity contribution in [3.63, 3.8) is 0 Å². The largest absolute Gasteiger partial charge is 0.457 e. The lowest BCUT2D eigenvalue weighted by Gasteiger charge is -2.06. The van der Waals surface area contributed by atoms with Gasteiger partial charge in [0.25, 0.3) is 0 Å². The van der Waals surface area contributed by atoms with Crippen molar-refractivity contribution in [2.45, 2.75) is 6.92 Å². The molecule has 0 aliphatic carbocycles. The molecule has 0 atom stereocenters. The van der Waals surface area contributed by atoms with Gasteiger partial charge in [-0.15, -0.1) is 0 Å². The van der Waals surface area contributed by atoms with Crippen LogP contribution in [0, 0.1) is 0 Å². The predicted molar refractivity (Wildman–Crippen MR) is 141 cm³/mol. The van der Waals surface area contributed by atoms with E-state index in [2.05, 4.69) is 13.2 Å². The molecule has 4 aromatic rings. The minimum absolute atomic E-state index is 0.355. The fourth-order valence-corrected chi connectivity index (χ4v) is 3.32. The van der Waals surface area contributed by atoms with Crippen LogP contribution >= 0.6 is 0 Å². The van der Waals surface area contributed by atoms with Gasteiger partial charge in [0.05, 0.1) is 0 Å². The maximum absolute atomic E-state index is 11.7. The molecule has 0 aliphatic rings. The summed E-state index contributed by atoms with van der Waals surface area (Å²) in [6.07, 6.45) is 4.92. The Morgan fingerprint density at radius 1 is 0.722 bits per heavy atom. The van der Waals surface area contributed by atoms with Gasteiger partial charge in [-0.25, -0.2) is 9.59 Å². The van der Waals surface area contributed by atoms with Gasteiger partial charge >= 0.3 is 11.9 Å². The molecule has 0 radical (unpaired) electrons. The molecule has 0 aliphatic heterocycles. The summed E-state index contributed by atoms with van der Waals surface area (Å²) in [5, 5.41) is 0. The second-order valence-electron chi connectivity index (χ2n) is 8.00. The number of esters is 2. The quantitative estimate of drug-likeness (QED) is 0.151. The van der Waals surface area contributed by atoms with E-state index in [1.807, 2.05) is 72.8 Å². The smallest absolute Gasteiger partial charge is 0.338 e. The minimum atomic E-state index is -0.492. The summed E-state index contributed by atoms with van der Waals surface area (Å²) in [4.78, 5) is 22.9. The zero-order valence-corrected chi connectivity index (χ0v) is 19.8. The van der Waals surface area contributed by atoms with Crippen LogP contribution in [0.25, 0.3) is 34.6 Å². The van der Waals surface area contributed by atoms with Crippen LogP contribution < -0.4 is 9.47 Å². The lowest BCUT2D eigenvalue weighted by molar-refractivity contribution is -0.130. The monoisotopic (exact) mass is 476 g/mol. The normalized spacial score (nSPS) is 10.7. The van der Waals surface area contributed by atoms with Crippen molar-refractivity contribution in [3.8, 4) is 33.9 Å². The van der Waals surface area contributed by atoms with Crippen LogP contribution in [0.2, 0.25) is 0 Å². The molecule has 0 saturated carbocycles. The van der Waals surface area contributed by atoms with Gasteiger partial charge in [0.15, 0.2) is 0 Å². The van der Waals surface area contributed by atoms with E-state index in [4.69, 9.17) is 13.9 Å². The van der Waals surface area contributed by atoms with E-state index < -0.39 is 11.9 Å². The van der Waals surface area contributed by atoms with Crippen molar-refractivity contribution in [2.75, 3.05) is 0 Å². The van der Waals surface area contributed by atoms with Gasteiger partial charge in [-0.05, 0) is 66.1 Å². The van der Waals surface area contributed by atoms with Crippen LogP contribution in [-0.2, 0) is 9.59 Å². The standard InChI is InChI=1S/C31H24O5/c1-4-30(32)35-27-15-6-22(7-16-27)5-14-26-19-20-29(34-26)25-10-8-23(9-11-25)24-12-17-28(18-13-24)36-31(33)21(2)3/h4-20H,1-2H2,3H3. The first-order chi connectivity index (χ1) is 17.4. The molecule has 0 fully saturated rings. The average molecular weight is 477 g/mol. The van der Waals surface area contributed by atoms with Crippen LogP contribution in [0.15, 0.2) is 114 Å². The molecule has 0 unspecified atom stereocenters. The van der Waals surface area contributed by atoms with Gasteiger partial charge in [-0.1, -0.05) is 67.8 Å². The third-order valence-corrected chi connectivity index (χ3v) is 5.25. The lowest BCUT2D eigenvalue weighted by atomic mass is 10.0. The lowest BCUT2D eigenvalue weighted by Crippen LogP contribution is -2.07. The summed E-state index contributed by atoms with van der Waals surface area (Å²) >= 11 is 0. The number of hydrogen-bond acceptors (Lipinski definition) is 5. The molecule has 0 bridgehead atoms. The molecule has 1 heterocycles. The highest BCUT2D eigenvalue weighted by Crippen LogP contribution is 2.28. The van der Waals surface area contributed by atoms with Crippen molar-refractivity contribution >= 4 is 24.1 Å². The highest BCUT2D eigenvalue weighted by molar-refractivity contribution is 5.88. The molecule has 1 aromatic heterocycles. The molecule has 178 valence electrons. The Labute approximate surface area is 209 Å². The van der Waals surface area contributed by atoms with E-state index in [0.717, 1.165) is 39.9 Å². The SMILES string of the molecule is C=CC(=O)Oc1ccc(C=Cc2ccc(-c3ccc(-c4ccc(OC(=O)C(=C)C)cc4)cc3)o2)cc1. The fraction of sp³-hybridized carbons (Fsp3) is 0.0323. The maximum Gasteiger partial charge on any atom is 0.338 e. The third kappa shape index (κ3) is 6.15. The Morgan fingerprint density at radius 3 is 1.89 bits per heavy atom. The Kier molecular flexibility index (Phi) is 7.42. The molecule has 4 rings (SSSR count). The van der Waals surface area contributed by atoms with E-state index in [1.54, 1.807) is 31.2 Å². The second kappa shape index (κ2) is 11.0. The van der Waals surface area contributed by atoms with E-state index >= 15 is 0 Å². The summed E-state index contributed by atoms with van der Waals surface area (Å²) in [6.45, 7) is 8.58. The second-order valence-corrected chi connectivity index (χ2v) is 8.00. The average Bonchev–Trinajstić information content (AvgIpc) is 3.38. The number of hydrogen-bond donors (Lipinski definition) is 0. The molecule has 3 aromatic carbocycles. The molecule has 0 amide bonds. The summed E-state index contributed by atoms with van der Waals surface area (Å²) < 4.78 is 16.3. The Morgan fingerprint density at radius 2 is 1.28 bits per heavy atom. The first-order valence-electron chi connectivity index (χ1n) is 11.2. The van der Waals surface area contributed by atoms with Crippen LogP contribution in [-0.4, -0.2) is 11.9 Å². The van der Waals surface area contributed by atoms with Crippen molar-refractivity contribution in [1.82, 2.24) is 0 Å². The van der Waals surface area contributed by atoms with Gasteiger partial charge < -0.3 is 13.9 Å². The highest BCUT2D eigenvalue weighted by Gasteiger charge is 2.07. The maximum atomic E-state index is 11.7. The van der Waals surface area contributed by atoms with Crippen LogP contribution in [0.4, 0.5) is 0 Å². The molecule has 0 saturated heterocycles. The molecule has 5 heteroatoms. The Hall–Kier alpha value is -4.90. The van der Waals surface area contributed by atoms with E-state index in [0.29, 0.717) is 17.1 Å². The first kappa shape index (κ1) is 24.2. The molecule has 0 spiro atoms. The minimum Gasteiger partial charge on any atom is -0.457 e. The van der Waals surface area contributed by atoms with Crippen molar-refractivity contribution < 1.29 is 23.5 Å². The molecule has 0 N–H and O–H groups in total. The Balaban J connectivity index is 1.40. The summed E-state index contributed by atoms with van der Waals surface area (Å²) in [5.74, 6) is 1.48. The van der Waals surface area contributed by atoms with Crippen LogP contribution in [0.5, 0.6) is 11.5 Å². The molecule has 36 heavy (non-hydrogen) atoms. The summed E-state index contributed by atoms with van der Waals surface area (Å²) in [6, 6.07) is 26.3. The van der Waals surface area contributed by atoms with Crippen LogP contribution in [0.1, 0.15) is 18.2 Å². The topological polar surface area (TPSA) is 65.7 Å². The first-order valence-corrected chi connectivity index (χ1v) is 11.2. The number of furan rings is 1. The van der Waals surface area contributed by atoms with Gasteiger partial charge in [0.1, 0.15) is 23.0 Å². The molecule has 5 nitrogen and oxygen atoms in total. The van der Waals surface area contributed by atoms with Crippen molar-refractivity contribution in [3.05, 3.63) is 121 Å². The third-order valence-electron chi connectivity index (χ3n) is 5.25. The highest BCUT2D eigenvalue weighted by atomic mass is 16.5.